The lowest BCUT2D eigenvalue weighted by Crippen LogP contribution is -2.19. The number of aromatic nitrogens is 1. The Morgan fingerprint density at radius 1 is 0.938 bits per heavy atom. The van der Waals surface area contributed by atoms with E-state index in [0.29, 0.717) is 10.1 Å². The Hall–Kier alpha value is -2.57. The van der Waals surface area contributed by atoms with Crippen LogP contribution in [0, 0.1) is 41.5 Å². The Kier molecular flexibility index (Phi) is 6.19. The maximum atomic E-state index is 12.6. The first-order valence-electron chi connectivity index (χ1n) is 10.5. The van der Waals surface area contributed by atoms with Crippen LogP contribution in [0.5, 0.6) is 0 Å². The van der Waals surface area contributed by atoms with Gasteiger partial charge in [-0.1, -0.05) is 22.0 Å². The second-order valence-electron chi connectivity index (χ2n) is 8.38. The molecular weight excluding hydrogens is 482 g/mol. The minimum Gasteiger partial charge on any atom is -0.318 e. The van der Waals surface area contributed by atoms with Gasteiger partial charge in [0.2, 0.25) is 0 Å². The van der Waals surface area contributed by atoms with Gasteiger partial charge in [-0.05, 0) is 118 Å². The molecule has 0 saturated carbocycles. The third kappa shape index (κ3) is 4.48. The van der Waals surface area contributed by atoms with Gasteiger partial charge in [0.25, 0.3) is 5.91 Å². The molecular formula is C26H26BrN3OS. The molecule has 2 heterocycles. The number of carbonyl (C=O) groups is 1. The molecule has 4 nitrogen and oxygen atoms in total. The molecule has 164 valence electrons. The molecule has 0 radical (unpaired) electrons. The standard InChI is InChI=1S/C26H26BrN3OS/c1-14-7-15(2)9-22(8-14)30-18(5)12-20(19(30)6)13-23-25(31)29-26(32-23)28-21-10-16(3)24(27)17(4)11-21/h7-13H,1-6H3,(H,28,29,31)/b23-13-. The second-order valence-corrected chi connectivity index (χ2v) is 10.2. The van der Waals surface area contributed by atoms with E-state index in [0.717, 1.165) is 43.9 Å². The van der Waals surface area contributed by atoms with E-state index in [2.05, 4.69) is 82.8 Å². The molecule has 0 spiro atoms. The molecule has 1 saturated heterocycles. The molecule has 1 aromatic heterocycles. The molecule has 1 amide bonds. The summed E-state index contributed by atoms with van der Waals surface area (Å²) in [7, 11) is 0. The van der Waals surface area contributed by atoms with Gasteiger partial charge in [-0.15, -0.1) is 0 Å². The molecule has 0 aliphatic carbocycles. The molecule has 0 atom stereocenters. The smallest absolute Gasteiger partial charge is 0.264 e. The number of nitrogens with zero attached hydrogens (tertiary/aromatic N) is 2. The summed E-state index contributed by atoms with van der Waals surface area (Å²) < 4.78 is 3.33. The average Bonchev–Trinajstić information content (AvgIpc) is 3.17. The summed E-state index contributed by atoms with van der Waals surface area (Å²) in [5.74, 6) is -0.115. The van der Waals surface area contributed by atoms with E-state index in [1.54, 1.807) is 0 Å². The third-order valence-electron chi connectivity index (χ3n) is 5.52. The van der Waals surface area contributed by atoms with E-state index in [9.17, 15) is 4.79 Å². The highest BCUT2D eigenvalue weighted by molar-refractivity contribution is 9.10. The van der Waals surface area contributed by atoms with Crippen LogP contribution in [0.3, 0.4) is 0 Å². The number of carbonyl (C=O) groups excluding carboxylic acids is 1. The maximum Gasteiger partial charge on any atom is 0.264 e. The molecule has 0 unspecified atom stereocenters. The number of nitrogens with one attached hydrogen (secondary N) is 1. The van der Waals surface area contributed by atoms with Crippen LogP contribution in [0.25, 0.3) is 11.8 Å². The summed E-state index contributed by atoms with van der Waals surface area (Å²) in [6, 6.07) is 12.7. The van der Waals surface area contributed by atoms with Gasteiger partial charge < -0.3 is 9.88 Å². The number of hydrogen-bond acceptors (Lipinski definition) is 3. The van der Waals surface area contributed by atoms with Crippen LogP contribution in [0.2, 0.25) is 0 Å². The molecule has 0 bridgehead atoms. The fraction of sp³-hybridized carbons (Fsp3) is 0.231. The Morgan fingerprint density at radius 3 is 2.19 bits per heavy atom. The molecule has 1 aliphatic heterocycles. The molecule has 2 aromatic carbocycles. The maximum absolute atomic E-state index is 12.6. The SMILES string of the molecule is Cc1cc(C)cc(-n2c(C)cc(/C=C3\SC(=Nc4cc(C)c(Br)c(C)c4)NC3=O)c2C)c1. The normalized spacial score (nSPS) is 16.3. The van der Waals surface area contributed by atoms with Crippen LogP contribution in [0.4, 0.5) is 5.69 Å². The quantitative estimate of drug-likeness (QED) is 0.388. The van der Waals surface area contributed by atoms with Gasteiger partial charge in [0.05, 0.1) is 10.6 Å². The Labute approximate surface area is 202 Å². The van der Waals surface area contributed by atoms with Crippen LogP contribution in [-0.4, -0.2) is 15.6 Å². The van der Waals surface area contributed by atoms with E-state index in [4.69, 9.17) is 0 Å². The molecule has 32 heavy (non-hydrogen) atoms. The fourth-order valence-electron chi connectivity index (χ4n) is 4.14. The van der Waals surface area contributed by atoms with Crippen molar-refractivity contribution in [3.8, 4) is 5.69 Å². The number of aliphatic imine (C=N–C) groups is 1. The van der Waals surface area contributed by atoms with E-state index in [-0.39, 0.29) is 5.91 Å². The minimum atomic E-state index is -0.115. The first-order chi connectivity index (χ1) is 15.1. The van der Waals surface area contributed by atoms with E-state index < -0.39 is 0 Å². The second kappa shape index (κ2) is 8.75. The molecule has 1 N–H and O–H groups in total. The first-order valence-corrected chi connectivity index (χ1v) is 12.1. The number of halogens is 1. The highest BCUT2D eigenvalue weighted by atomic mass is 79.9. The van der Waals surface area contributed by atoms with Crippen LogP contribution >= 0.6 is 27.7 Å². The van der Waals surface area contributed by atoms with Gasteiger partial charge in [-0.3, -0.25) is 4.79 Å². The van der Waals surface area contributed by atoms with Gasteiger partial charge in [-0.2, -0.15) is 0 Å². The topological polar surface area (TPSA) is 46.4 Å². The minimum absolute atomic E-state index is 0.115. The summed E-state index contributed by atoms with van der Waals surface area (Å²) in [5.41, 5.74) is 9.97. The zero-order valence-electron chi connectivity index (χ0n) is 19.1. The Balaban J connectivity index is 1.66. The Bertz CT molecular complexity index is 1270. The van der Waals surface area contributed by atoms with Crippen LogP contribution in [-0.2, 0) is 4.79 Å². The number of amidine groups is 1. The van der Waals surface area contributed by atoms with E-state index >= 15 is 0 Å². The largest absolute Gasteiger partial charge is 0.318 e. The number of thioether (sulfide) groups is 1. The summed E-state index contributed by atoms with van der Waals surface area (Å²) in [4.78, 5) is 17.9. The molecule has 1 fully saturated rings. The summed E-state index contributed by atoms with van der Waals surface area (Å²) >= 11 is 4.97. The van der Waals surface area contributed by atoms with Crippen molar-refractivity contribution in [2.24, 2.45) is 4.99 Å². The number of benzene rings is 2. The van der Waals surface area contributed by atoms with Gasteiger partial charge in [-0.25, -0.2) is 4.99 Å². The zero-order valence-corrected chi connectivity index (χ0v) is 21.5. The summed E-state index contributed by atoms with van der Waals surface area (Å²) in [6.45, 7) is 12.5. The highest BCUT2D eigenvalue weighted by Gasteiger charge is 2.25. The average molecular weight is 508 g/mol. The van der Waals surface area contributed by atoms with E-state index in [1.165, 1.54) is 22.9 Å². The van der Waals surface area contributed by atoms with Crippen molar-refractivity contribution < 1.29 is 4.79 Å². The third-order valence-corrected chi connectivity index (χ3v) is 7.68. The summed E-state index contributed by atoms with van der Waals surface area (Å²) in [5, 5.41) is 3.50. The lowest BCUT2D eigenvalue weighted by molar-refractivity contribution is -0.115. The van der Waals surface area contributed by atoms with Gasteiger partial charge in [0.15, 0.2) is 5.17 Å². The molecule has 6 heteroatoms. The molecule has 4 rings (SSSR count). The highest BCUT2D eigenvalue weighted by Crippen LogP contribution is 2.32. The number of aryl methyl sites for hydroxylation is 5. The van der Waals surface area contributed by atoms with Crippen molar-refractivity contribution in [2.45, 2.75) is 41.5 Å². The Morgan fingerprint density at radius 2 is 1.56 bits per heavy atom. The predicted octanol–water partition coefficient (Wildman–Crippen LogP) is 6.98. The zero-order chi connectivity index (χ0) is 23.2. The molecule has 1 aliphatic rings. The number of hydrogen-bond donors (Lipinski definition) is 1. The lowest BCUT2D eigenvalue weighted by atomic mass is 10.1. The van der Waals surface area contributed by atoms with Crippen molar-refractivity contribution in [3.05, 3.63) is 85.0 Å². The van der Waals surface area contributed by atoms with Crippen molar-refractivity contribution in [2.75, 3.05) is 0 Å². The van der Waals surface area contributed by atoms with Crippen molar-refractivity contribution in [3.63, 3.8) is 0 Å². The van der Waals surface area contributed by atoms with Crippen LogP contribution in [0.1, 0.15) is 39.2 Å². The summed E-state index contributed by atoms with van der Waals surface area (Å²) in [6.07, 6.45) is 1.96. The van der Waals surface area contributed by atoms with Gasteiger partial charge in [0.1, 0.15) is 0 Å². The van der Waals surface area contributed by atoms with Crippen molar-refractivity contribution in [1.29, 1.82) is 0 Å². The van der Waals surface area contributed by atoms with Gasteiger partial charge >= 0.3 is 0 Å². The fourth-order valence-corrected chi connectivity index (χ4v) is 5.20. The number of rotatable bonds is 3. The predicted molar refractivity (Wildman–Crippen MR) is 139 cm³/mol. The lowest BCUT2D eigenvalue weighted by Gasteiger charge is -2.12. The van der Waals surface area contributed by atoms with Gasteiger partial charge in [0, 0.05) is 21.5 Å². The first kappa shape index (κ1) is 22.6. The van der Waals surface area contributed by atoms with Crippen LogP contribution < -0.4 is 5.32 Å². The molecule has 3 aromatic rings. The number of amides is 1. The van der Waals surface area contributed by atoms with Crippen LogP contribution in [0.15, 0.2) is 50.8 Å². The monoisotopic (exact) mass is 507 g/mol. The van der Waals surface area contributed by atoms with E-state index in [1.807, 2.05) is 32.1 Å². The van der Waals surface area contributed by atoms with Crippen molar-refractivity contribution in [1.82, 2.24) is 9.88 Å². The van der Waals surface area contributed by atoms with Crippen molar-refractivity contribution >= 4 is 50.5 Å².